The number of nitrogens with zero attached hydrogens (tertiary/aromatic N) is 7. The van der Waals surface area contributed by atoms with Gasteiger partial charge >= 0.3 is 0 Å². The molecule has 164 valence electrons. The fraction of sp³-hybridized carbons (Fsp3) is 0.364. The highest BCUT2D eigenvalue weighted by Gasteiger charge is 2.25. The number of piperazine rings is 1. The number of hydrogen-bond donors (Lipinski definition) is 2. The first kappa shape index (κ1) is 20.3. The number of nitrogens with one attached hydrogen (secondary N) is 2. The van der Waals surface area contributed by atoms with Crippen molar-refractivity contribution < 1.29 is 4.79 Å². The number of rotatable bonds is 3. The molecule has 1 aliphatic rings. The Labute approximate surface area is 185 Å². The molecule has 0 spiro atoms. The maximum atomic E-state index is 13.1. The summed E-state index contributed by atoms with van der Waals surface area (Å²) in [6.45, 7) is 9.73. The summed E-state index contributed by atoms with van der Waals surface area (Å²) in [5.41, 5.74) is 4.04. The zero-order valence-electron chi connectivity index (χ0n) is 18.5. The van der Waals surface area contributed by atoms with Crippen LogP contribution in [0.2, 0.25) is 0 Å². The molecular formula is C22H25N9O. The molecule has 0 bridgehead atoms. The van der Waals surface area contributed by atoms with Crippen LogP contribution in [-0.2, 0) is 0 Å². The zero-order chi connectivity index (χ0) is 22.4. The van der Waals surface area contributed by atoms with Gasteiger partial charge in [-0.3, -0.25) is 14.8 Å². The topological polar surface area (TPSA) is 113 Å². The fourth-order valence-electron chi connectivity index (χ4n) is 4.38. The number of aromatic nitrogens is 6. The van der Waals surface area contributed by atoms with Crippen LogP contribution in [0.25, 0.3) is 16.6 Å². The van der Waals surface area contributed by atoms with Crippen molar-refractivity contribution in [3.8, 4) is 0 Å². The second-order valence-electron chi connectivity index (χ2n) is 8.40. The second kappa shape index (κ2) is 7.79. The van der Waals surface area contributed by atoms with E-state index in [0.717, 1.165) is 35.8 Å². The van der Waals surface area contributed by atoms with E-state index in [1.807, 2.05) is 20.0 Å². The van der Waals surface area contributed by atoms with Gasteiger partial charge in [-0.2, -0.15) is 0 Å². The summed E-state index contributed by atoms with van der Waals surface area (Å²) in [6.07, 6.45) is 6.62. The minimum absolute atomic E-state index is 0.326. The normalized spacial score (nSPS) is 18.9. The summed E-state index contributed by atoms with van der Waals surface area (Å²) in [5.74, 6) is 0.855. The van der Waals surface area contributed by atoms with Crippen molar-refractivity contribution in [3.63, 3.8) is 0 Å². The van der Waals surface area contributed by atoms with E-state index in [0.29, 0.717) is 34.5 Å². The van der Waals surface area contributed by atoms with E-state index in [1.54, 1.807) is 29.2 Å². The van der Waals surface area contributed by atoms with Gasteiger partial charge in [0.15, 0.2) is 11.6 Å². The van der Waals surface area contributed by atoms with E-state index in [1.165, 1.54) is 0 Å². The van der Waals surface area contributed by atoms with Gasteiger partial charge in [0.1, 0.15) is 11.0 Å². The van der Waals surface area contributed by atoms with Gasteiger partial charge < -0.3 is 15.5 Å². The number of amides is 1. The van der Waals surface area contributed by atoms with E-state index < -0.39 is 0 Å². The quantitative estimate of drug-likeness (QED) is 0.507. The summed E-state index contributed by atoms with van der Waals surface area (Å²) in [4.78, 5) is 33.4. The van der Waals surface area contributed by atoms with Gasteiger partial charge in [-0.25, -0.2) is 14.5 Å². The number of hydrogen-bond acceptors (Lipinski definition) is 8. The molecular weight excluding hydrogens is 406 g/mol. The Kier molecular flexibility index (Phi) is 4.93. The summed E-state index contributed by atoms with van der Waals surface area (Å²) in [6, 6.07) is 2.46. The first-order chi connectivity index (χ1) is 15.4. The van der Waals surface area contributed by atoms with Gasteiger partial charge in [0.05, 0.1) is 28.7 Å². The van der Waals surface area contributed by atoms with Gasteiger partial charge in [-0.15, -0.1) is 5.10 Å². The summed E-state index contributed by atoms with van der Waals surface area (Å²) < 4.78 is 1.72. The minimum Gasteiger partial charge on any atom is -0.352 e. The number of anilines is 2. The predicted molar refractivity (Wildman–Crippen MR) is 122 cm³/mol. The lowest BCUT2D eigenvalue weighted by molar-refractivity contribution is 0.102. The fourth-order valence-corrected chi connectivity index (χ4v) is 4.38. The first-order valence-electron chi connectivity index (χ1n) is 10.6. The van der Waals surface area contributed by atoms with Crippen LogP contribution in [0.1, 0.15) is 35.6 Å². The number of aryl methyl sites for hydroxylation is 2. The first-order valence-corrected chi connectivity index (χ1v) is 10.6. The van der Waals surface area contributed by atoms with Crippen LogP contribution in [0.3, 0.4) is 0 Å². The highest BCUT2D eigenvalue weighted by Crippen LogP contribution is 2.26. The Balaban J connectivity index is 1.49. The van der Waals surface area contributed by atoms with Gasteiger partial charge in [0.25, 0.3) is 5.91 Å². The molecule has 5 rings (SSSR count). The molecule has 2 atom stereocenters. The van der Waals surface area contributed by atoms with Gasteiger partial charge in [-0.05, 0) is 27.7 Å². The number of carbonyl (C=O) groups excluding carboxylic acids is 1. The van der Waals surface area contributed by atoms with E-state index in [9.17, 15) is 4.79 Å². The van der Waals surface area contributed by atoms with Gasteiger partial charge in [0.2, 0.25) is 0 Å². The molecule has 0 aromatic carbocycles. The maximum absolute atomic E-state index is 13.1. The zero-order valence-corrected chi connectivity index (χ0v) is 18.5. The van der Waals surface area contributed by atoms with Crippen LogP contribution >= 0.6 is 0 Å². The molecule has 1 amide bonds. The molecule has 1 aliphatic heterocycles. The summed E-state index contributed by atoms with van der Waals surface area (Å²) >= 11 is 0. The largest absolute Gasteiger partial charge is 0.352 e. The van der Waals surface area contributed by atoms with Crippen molar-refractivity contribution >= 4 is 34.1 Å². The monoisotopic (exact) mass is 431 g/mol. The van der Waals surface area contributed by atoms with Crippen molar-refractivity contribution in [2.75, 3.05) is 23.3 Å². The highest BCUT2D eigenvalue weighted by molar-refractivity contribution is 6.12. The molecule has 32 heavy (non-hydrogen) atoms. The Morgan fingerprint density at radius 3 is 2.56 bits per heavy atom. The number of pyridine rings is 1. The third-order valence-electron chi connectivity index (χ3n) is 5.58. The van der Waals surface area contributed by atoms with E-state index in [4.69, 9.17) is 0 Å². The van der Waals surface area contributed by atoms with E-state index in [-0.39, 0.29) is 5.91 Å². The molecule has 2 N–H and O–H groups in total. The van der Waals surface area contributed by atoms with Gasteiger partial charge in [-0.1, -0.05) is 0 Å². The molecule has 1 fully saturated rings. The lowest BCUT2D eigenvalue weighted by Crippen LogP contribution is -2.54. The molecule has 0 unspecified atom stereocenters. The summed E-state index contributed by atoms with van der Waals surface area (Å²) in [5, 5.41) is 10.8. The van der Waals surface area contributed by atoms with Crippen LogP contribution in [0, 0.1) is 13.8 Å². The molecule has 0 radical (unpaired) electrons. The standard InChI is InChI=1S/C22H25N9O/c1-12-9-30(10-13(2)26-12)21-20-19(23-5-6-24-20)16(8-25-21)22(32)28-18-7-17-15(4)27-14(3)11-31(17)29-18/h5-8,11-13,26H,9-10H2,1-4H3,(H,28,29,32)/t12-,13-/m0/s1. The summed E-state index contributed by atoms with van der Waals surface area (Å²) in [7, 11) is 0. The molecule has 5 heterocycles. The smallest absolute Gasteiger partial charge is 0.260 e. The van der Waals surface area contributed by atoms with Crippen LogP contribution in [-0.4, -0.2) is 60.6 Å². The molecule has 10 nitrogen and oxygen atoms in total. The Morgan fingerprint density at radius 1 is 1.09 bits per heavy atom. The molecule has 0 saturated carbocycles. The predicted octanol–water partition coefficient (Wildman–Crippen LogP) is 2.12. The molecule has 4 aromatic rings. The minimum atomic E-state index is -0.331. The number of fused-ring (bicyclic) bond motifs is 2. The molecule has 0 aliphatic carbocycles. The van der Waals surface area contributed by atoms with Crippen LogP contribution in [0.5, 0.6) is 0 Å². The Bertz CT molecular complexity index is 1320. The molecule has 1 saturated heterocycles. The average Bonchev–Trinajstić information content (AvgIpc) is 3.14. The van der Waals surface area contributed by atoms with Crippen LogP contribution in [0.15, 0.2) is 30.9 Å². The molecule has 10 heteroatoms. The van der Waals surface area contributed by atoms with Crippen LogP contribution < -0.4 is 15.5 Å². The van der Waals surface area contributed by atoms with Crippen molar-refractivity contribution in [3.05, 3.63) is 47.8 Å². The molecule has 4 aromatic heterocycles. The van der Waals surface area contributed by atoms with E-state index >= 15 is 0 Å². The van der Waals surface area contributed by atoms with Crippen LogP contribution in [0.4, 0.5) is 11.6 Å². The number of carbonyl (C=O) groups is 1. The maximum Gasteiger partial charge on any atom is 0.260 e. The third-order valence-corrected chi connectivity index (χ3v) is 5.58. The van der Waals surface area contributed by atoms with Crippen molar-refractivity contribution in [1.82, 2.24) is 34.9 Å². The Hall–Kier alpha value is -3.66. The van der Waals surface area contributed by atoms with Crippen molar-refractivity contribution in [1.29, 1.82) is 0 Å². The highest BCUT2D eigenvalue weighted by atomic mass is 16.1. The lowest BCUT2D eigenvalue weighted by Gasteiger charge is -2.37. The van der Waals surface area contributed by atoms with E-state index in [2.05, 4.69) is 54.4 Å². The van der Waals surface area contributed by atoms with Crippen molar-refractivity contribution in [2.45, 2.75) is 39.8 Å². The SMILES string of the molecule is Cc1cn2nc(NC(=O)c3cnc(N4C[C@H](C)N[C@@H](C)C4)c4nccnc34)cc2c(C)n1. The van der Waals surface area contributed by atoms with Gasteiger partial charge in [0, 0.05) is 49.8 Å². The third kappa shape index (κ3) is 3.62. The Morgan fingerprint density at radius 2 is 1.81 bits per heavy atom. The second-order valence-corrected chi connectivity index (χ2v) is 8.40. The lowest BCUT2D eigenvalue weighted by atomic mass is 10.1. The van der Waals surface area contributed by atoms with Crippen molar-refractivity contribution in [2.24, 2.45) is 0 Å². The average molecular weight is 432 g/mol.